The topological polar surface area (TPSA) is 60.2 Å². The molecule has 2 aliphatic rings. The molecule has 0 N–H and O–H groups in total. The summed E-state index contributed by atoms with van der Waals surface area (Å²) in [5, 5.41) is 0.497. The summed E-state index contributed by atoms with van der Waals surface area (Å²) in [6.07, 6.45) is 5.52. The van der Waals surface area contributed by atoms with E-state index in [9.17, 15) is 8.78 Å². The van der Waals surface area contributed by atoms with Crippen LogP contribution < -0.4 is 4.90 Å². The molecule has 1 fully saturated rings. The maximum absolute atomic E-state index is 13.1. The highest BCUT2D eigenvalue weighted by molar-refractivity contribution is 7.97. The van der Waals surface area contributed by atoms with Crippen molar-refractivity contribution >= 4 is 36.4 Å². The number of rotatable bonds is 7. The fourth-order valence-corrected chi connectivity index (χ4v) is 4.40. The lowest BCUT2D eigenvalue weighted by molar-refractivity contribution is 0.185. The van der Waals surface area contributed by atoms with Crippen LogP contribution in [0.15, 0.2) is 40.3 Å². The van der Waals surface area contributed by atoms with Gasteiger partial charge in [0.25, 0.3) is 6.43 Å². The molecule has 29 heavy (non-hydrogen) atoms. The molecular weight excluding hydrogens is 396 g/mol. The Morgan fingerprint density at radius 2 is 2.28 bits per heavy atom. The van der Waals surface area contributed by atoms with Gasteiger partial charge in [-0.15, -0.1) is 0 Å². The summed E-state index contributed by atoms with van der Waals surface area (Å²) in [5.41, 5.74) is 0.198. The molecule has 1 unspecified atom stereocenters. The first-order valence-electron chi connectivity index (χ1n) is 9.35. The van der Waals surface area contributed by atoms with Crippen LogP contribution in [0.25, 0.3) is 5.70 Å². The SMILES string of the molecule is C=N/C=C(/c1nccc(N2CCCC(SN(C)C)C2)n1)N1C=C(C(F)F)N=CC1. The third kappa shape index (κ3) is 5.60. The van der Waals surface area contributed by atoms with Crippen molar-refractivity contribution in [1.29, 1.82) is 0 Å². The summed E-state index contributed by atoms with van der Waals surface area (Å²) >= 11 is 1.83. The molecular formula is C19H25F2N7S. The van der Waals surface area contributed by atoms with Gasteiger partial charge in [-0.1, -0.05) is 11.9 Å². The fourth-order valence-electron chi connectivity index (χ4n) is 3.29. The Hall–Kier alpha value is -2.33. The Morgan fingerprint density at radius 1 is 1.45 bits per heavy atom. The Balaban J connectivity index is 1.84. The lowest BCUT2D eigenvalue weighted by Crippen LogP contribution is -2.38. The van der Waals surface area contributed by atoms with Gasteiger partial charge in [0.05, 0.1) is 12.7 Å². The van der Waals surface area contributed by atoms with Crippen molar-refractivity contribution in [3.63, 3.8) is 0 Å². The second-order valence-electron chi connectivity index (χ2n) is 6.88. The van der Waals surface area contributed by atoms with Gasteiger partial charge in [0.15, 0.2) is 5.82 Å². The Kier molecular flexibility index (Phi) is 7.32. The van der Waals surface area contributed by atoms with Crippen molar-refractivity contribution in [2.75, 3.05) is 38.6 Å². The van der Waals surface area contributed by atoms with Crippen molar-refractivity contribution in [1.82, 2.24) is 19.2 Å². The third-order valence-corrected chi connectivity index (χ3v) is 5.59. The van der Waals surface area contributed by atoms with Gasteiger partial charge >= 0.3 is 0 Å². The highest BCUT2D eigenvalue weighted by Gasteiger charge is 2.24. The second kappa shape index (κ2) is 9.93. The molecule has 0 bridgehead atoms. The van der Waals surface area contributed by atoms with Crippen molar-refractivity contribution < 1.29 is 8.78 Å². The number of halogens is 2. The van der Waals surface area contributed by atoms with Gasteiger partial charge in [-0.25, -0.2) is 18.7 Å². The normalized spacial score (nSPS) is 20.4. The van der Waals surface area contributed by atoms with Crippen LogP contribution in [-0.4, -0.2) is 77.5 Å². The number of nitrogens with zero attached hydrogens (tertiary/aromatic N) is 7. The van der Waals surface area contributed by atoms with E-state index < -0.39 is 6.43 Å². The summed E-state index contributed by atoms with van der Waals surface area (Å²) in [5.74, 6) is 1.23. The number of piperidine rings is 1. The van der Waals surface area contributed by atoms with Crippen LogP contribution in [0, 0.1) is 0 Å². The van der Waals surface area contributed by atoms with Gasteiger partial charge < -0.3 is 9.80 Å². The molecule has 1 aromatic rings. The van der Waals surface area contributed by atoms with Gasteiger partial charge in [0, 0.05) is 37.0 Å². The third-order valence-electron chi connectivity index (χ3n) is 4.49. The van der Waals surface area contributed by atoms with Gasteiger partial charge in [-0.3, -0.25) is 14.3 Å². The number of hydrogen-bond acceptors (Lipinski definition) is 8. The van der Waals surface area contributed by atoms with Crippen molar-refractivity contribution in [2.45, 2.75) is 24.5 Å². The van der Waals surface area contributed by atoms with Crippen LogP contribution in [-0.2, 0) is 0 Å². The summed E-state index contributed by atoms with van der Waals surface area (Å²) in [7, 11) is 4.10. The number of anilines is 1. The van der Waals surface area contributed by atoms with Gasteiger partial charge in [-0.05, 0) is 39.7 Å². The first-order chi connectivity index (χ1) is 14.0. The first kappa shape index (κ1) is 21.4. The smallest absolute Gasteiger partial charge is 0.281 e. The Morgan fingerprint density at radius 3 is 3.00 bits per heavy atom. The standard InChI is InChI=1S/C19H25F2N7S/c1-22-11-16(27-10-8-23-15(13-27)18(20)21)19-24-7-6-17(25-19)28-9-4-5-14(12-28)29-26(2)3/h6-8,11,13-14,18H,1,4-5,9-10,12H2,2-3H3/b16-11-. The molecule has 0 radical (unpaired) electrons. The van der Waals surface area contributed by atoms with Gasteiger partial charge in [-0.2, -0.15) is 0 Å². The minimum atomic E-state index is -2.65. The largest absolute Gasteiger partial charge is 0.355 e. The lowest BCUT2D eigenvalue weighted by atomic mass is 10.1. The monoisotopic (exact) mass is 421 g/mol. The van der Waals surface area contributed by atoms with E-state index in [1.807, 2.05) is 18.0 Å². The highest BCUT2D eigenvalue weighted by Crippen LogP contribution is 2.28. The summed E-state index contributed by atoms with van der Waals surface area (Å²) in [4.78, 5) is 20.5. The quantitative estimate of drug-likeness (QED) is 0.498. The van der Waals surface area contributed by atoms with Crippen molar-refractivity contribution in [2.24, 2.45) is 9.98 Å². The molecule has 0 aliphatic carbocycles. The van der Waals surface area contributed by atoms with Crippen LogP contribution in [0.2, 0.25) is 0 Å². The molecule has 0 spiro atoms. The summed E-state index contributed by atoms with van der Waals surface area (Å²) in [6.45, 7) is 5.64. The summed E-state index contributed by atoms with van der Waals surface area (Å²) in [6, 6.07) is 1.88. The maximum atomic E-state index is 13.1. The fraction of sp³-hybridized carbons (Fsp3) is 0.474. The average Bonchev–Trinajstić information content (AvgIpc) is 2.72. The van der Waals surface area contributed by atoms with Crippen LogP contribution in [0.4, 0.5) is 14.6 Å². The van der Waals surface area contributed by atoms with Crippen molar-refractivity contribution in [3.05, 3.63) is 36.2 Å². The number of aliphatic imine (C=N–C) groups is 2. The average molecular weight is 422 g/mol. The highest BCUT2D eigenvalue weighted by atomic mass is 32.2. The predicted molar refractivity (Wildman–Crippen MR) is 115 cm³/mol. The zero-order valence-corrected chi connectivity index (χ0v) is 17.4. The molecule has 1 aromatic heterocycles. The van der Waals surface area contributed by atoms with Gasteiger partial charge in [0.2, 0.25) is 0 Å². The molecule has 0 saturated carbocycles. The molecule has 2 aliphatic heterocycles. The van der Waals surface area contributed by atoms with Crippen LogP contribution in [0.1, 0.15) is 18.7 Å². The zero-order chi connectivity index (χ0) is 20.8. The van der Waals surface area contributed by atoms with Crippen molar-refractivity contribution in [3.8, 4) is 0 Å². The molecule has 10 heteroatoms. The first-order valence-corrected chi connectivity index (χ1v) is 10.2. The molecule has 3 heterocycles. The minimum Gasteiger partial charge on any atom is -0.355 e. The number of aromatic nitrogens is 2. The van der Waals surface area contributed by atoms with E-state index in [1.54, 1.807) is 11.1 Å². The van der Waals surface area contributed by atoms with E-state index in [0.717, 1.165) is 31.7 Å². The number of alkyl halides is 2. The molecule has 7 nitrogen and oxygen atoms in total. The molecule has 0 amide bonds. The zero-order valence-electron chi connectivity index (χ0n) is 16.6. The summed E-state index contributed by atoms with van der Waals surface area (Å²) < 4.78 is 28.3. The van der Waals surface area contributed by atoms with Crippen LogP contribution in [0.3, 0.4) is 0 Å². The van der Waals surface area contributed by atoms with Gasteiger partial charge in [0.1, 0.15) is 17.2 Å². The van der Waals surface area contributed by atoms with E-state index in [0.29, 0.717) is 23.3 Å². The minimum absolute atomic E-state index is 0.304. The molecule has 3 rings (SSSR count). The number of allylic oxidation sites excluding steroid dienone is 1. The number of hydrogen-bond donors (Lipinski definition) is 0. The molecule has 156 valence electrons. The second-order valence-corrected chi connectivity index (χ2v) is 8.49. The van der Waals surface area contributed by atoms with E-state index in [-0.39, 0.29) is 5.70 Å². The predicted octanol–water partition coefficient (Wildman–Crippen LogP) is 3.15. The van der Waals surface area contributed by atoms with Crippen LogP contribution in [0.5, 0.6) is 0 Å². The Bertz CT molecular complexity index is 810. The van der Waals surface area contributed by atoms with E-state index >= 15 is 0 Å². The lowest BCUT2D eigenvalue weighted by Gasteiger charge is -2.34. The van der Waals surface area contributed by atoms with Crippen LogP contribution >= 0.6 is 11.9 Å². The molecule has 1 saturated heterocycles. The van der Waals surface area contributed by atoms with E-state index in [1.165, 1.54) is 18.6 Å². The molecule has 1 atom stereocenters. The van der Waals surface area contributed by atoms with E-state index in [4.69, 9.17) is 4.98 Å². The Labute approximate surface area is 174 Å². The molecule has 0 aromatic carbocycles. The maximum Gasteiger partial charge on any atom is 0.281 e. The van der Waals surface area contributed by atoms with E-state index in [2.05, 4.69) is 45.0 Å².